The van der Waals surface area contributed by atoms with Gasteiger partial charge in [0, 0.05) is 51.0 Å². The Morgan fingerprint density at radius 3 is 2.55 bits per heavy atom. The SMILES string of the molecule is O=C(NCCn1ncc2c(N3CCN(c4ncccn4)CC3)ncnc21)C1CC1. The Morgan fingerprint density at radius 2 is 1.79 bits per heavy atom. The molecule has 10 nitrogen and oxygen atoms in total. The Bertz CT molecular complexity index is 993. The van der Waals surface area contributed by atoms with E-state index in [4.69, 9.17) is 0 Å². The monoisotopic (exact) mass is 393 g/mol. The van der Waals surface area contributed by atoms with Gasteiger partial charge >= 0.3 is 0 Å². The predicted octanol–water partition coefficient (Wildman–Crippen LogP) is 0.469. The Hall–Kier alpha value is -3.30. The summed E-state index contributed by atoms with van der Waals surface area (Å²) >= 11 is 0. The second-order valence-corrected chi connectivity index (χ2v) is 7.39. The molecule has 0 bridgehead atoms. The first-order chi connectivity index (χ1) is 14.3. The molecule has 5 rings (SSSR count). The fourth-order valence-electron chi connectivity index (χ4n) is 3.64. The molecule has 1 aliphatic heterocycles. The lowest BCUT2D eigenvalue weighted by molar-refractivity contribution is -0.122. The number of fused-ring (bicyclic) bond motifs is 1. The highest BCUT2D eigenvalue weighted by atomic mass is 16.2. The summed E-state index contributed by atoms with van der Waals surface area (Å²) in [6.45, 7) is 4.46. The van der Waals surface area contributed by atoms with Gasteiger partial charge in [-0.2, -0.15) is 5.10 Å². The molecule has 1 aliphatic carbocycles. The first kappa shape index (κ1) is 17.8. The number of piperazine rings is 1. The first-order valence-corrected chi connectivity index (χ1v) is 10.0. The molecular weight excluding hydrogens is 370 g/mol. The molecule has 29 heavy (non-hydrogen) atoms. The standard InChI is InChI=1S/C19H23N9O/c29-18(14-2-3-14)20-6-7-28-17-15(12-25-28)16(23-13-24-17)26-8-10-27(11-9-26)19-21-4-1-5-22-19/h1,4-5,12-14H,2-3,6-11H2,(H,20,29). The molecule has 1 saturated heterocycles. The summed E-state index contributed by atoms with van der Waals surface area (Å²) in [5, 5.41) is 8.39. The summed E-state index contributed by atoms with van der Waals surface area (Å²) in [6.07, 6.45) is 8.97. The molecule has 0 atom stereocenters. The summed E-state index contributed by atoms with van der Waals surface area (Å²) in [7, 11) is 0. The average Bonchev–Trinajstić information content (AvgIpc) is 3.55. The third kappa shape index (κ3) is 3.69. The van der Waals surface area contributed by atoms with E-state index >= 15 is 0 Å². The van der Waals surface area contributed by atoms with Gasteiger partial charge in [0.25, 0.3) is 0 Å². The molecular formula is C19H23N9O. The Labute approximate surface area is 168 Å². The molecule has 0 aromatic carbocycles. The fraction of sp³-hybridized carbons (Fsp3) is 0.474. The quantitative estimate of drug-likeness (QED) is 0.644. The van der Waals surface area contributed by atoms with E-state index in [-0.39, 0.29) is 11.8 Å². The van der Waals surface area contributed by atoms with Crippen molar-refractivity contribution in [2.24, 2.45) is 5.92 Å². The minimum Gasteiger partial charge on any atom is -0.354 e. The number of nitrogens with zero attached hydrogens (tertiary/aromatic N) is 8. The van der Waals surface area contributed by atoms with Gasteiger partial charge in [0.2, 0.25) is 11.9 Å². The van der Waals surface area contributed by atoms with Crippen LogP contribution in [0.2, 0.25) is 0 Å². The van der Waals surface area contributed by atoms with Crippen LogP contribution in [0.15, 0.2) is 31.0 Å². The molecule has 3 aromatic rings. The van der Waals surface area contributed by atoms with Crippen LogP contribution in [0.3, 0.4) is 0 Å². The Morgan fingerprint density at radius 1 is 1.03 bits per heavy atom. The van der Waals surface area contributed by atoms with Gasteiger partial charge in [-0.3, -0.25) is 4.79 Å². The summed E-state index contributed by atoms with van der Waals surface area (Å²) in [5.74, 6) is 2.04. The van der Waals surface area contributed by atoms with Gasteiger partial charge in [0.1, 0.15) is 12.1 Å². The van der Waals surface area contributed by atoms with Crippen molar-refractivity contribution in [3.8, 4) is 0 Å². The normalized spacial score (nSPS) is 17.0. The zero-order chi connectivity index (χ0) is 19.6. The van der Waals surface area contributed by atoms with Crippen LogP contribution in [0.25, 0.3) is 11.0 Å². The Balaban J connectivity index is 1.26. The molecule has 4 heterocycles. The van der Waals surface area contributed by atoms with Crippen molar-refractivity contribution in [3.05, 3.63) is 31.0 Å². The molecule has 0 radical (unpaired) electrons. The smallest absolute Gasteiger partial charge is 0.225 e. The summed E-state index contributed by atoms with van der Waals surface area (Å²) < 4.78 is 1.84. The molecule has 1 saturated carbocycles. The van der Waals surface area contributed by atoms with Crippen LogP contribution in [0, 0.1) is 5.92 Å². The predicted molar refractivity (Wildman–Crippen MR) is 108 cm³/mol. The number of carbonyl (C=O) groups is 1. The number of rotatable bonds is 6. The van der Waals surface area contributed by atoms with E-state index in [1.807, 2.05) is 16.9 Å². The molecule has 3 aromatic heterocycles. The number of hydrogen-bond acceptors (Lipinski definition) is 8. The minimum atomic E-state index is 0.150. The molecule has 1 N–H and O–H groups in total. The van der Waals surface area contributed by atoms with Crippen molar-refractivity contribution in [1.82, 2.24) is 35.0 Å². The molecule has 2 fully saturated rings. The van der Waals surface area contributed by atoms with Crippen molar-refractivity contribution in [1.29, 1.82) is 0 Å². The lowest BCUT2D eigenvalue weighted by Gasteiger charge is -2.35. The highest BCUT2D eigenvalue weighted by molar-refractivity contribution is 5.86. The maximum atomic E-state index is 11.8. The maximum absolute atomic E-state index is 11.8. The van der Waals surface area contributed by atoms with Crippen molar-refractivity contribution in [2.75, 3.05) is 42.5 Å². The van der Waals surface area contributed by atoms with E-state index in [0.717, 1.165) is 61.8 Å². The third-order valence-corrected chi connectivity index (χ3v) is 5.40. The zero-order valence-corrected chi connectivity index (χ0v) is 16.1. The fourth-order valence-corrected chi connectivity index (χ4v) is 3.64. The second-order valence-electron chi connectivity index (χ2n) is 7.39. The molecule has 0 spiro atoms. The van der Waals surface area contributed by atoms with Gasteiger partial charge in [0.15, 0.2) is 5.65 Å². The van der Waals surface area contributed by atoms with E-state index in [1.165, 1.54) is 0 Å². The van der Waals surface area contributed by atoms with Gasteiger partial charge in [-0.25, -0.2) is 24.6 Å². The molecule has 2 aliphatic rings. The number of aromatic nitrogens is 6. The molecule has 150 valence electrons. The van der Waals surface area contributed by atoms with Crippen LogP contribution in [0.4, 0.5) is 11.8 Å². The minimum absolute atomic E-state index is 0.150. The summed E-state index contributed by atoms with van der Waals surface area (Å²) in [6, 6.07) is 1.83. The van der Waals surface area contributed by atoms with E-state index in [1.54, 1.807) is 18.7 Å². The van der Waals surface area contributed by atoms with Gasteiger partial charge in [-0.05, 0) is 18.9 Å². The molecule has 0 unspecified atom stereocenters. The number of amides is 1. The lowest BCUT2D eigenvalue weighted by atomic mass is 10.3. The van der Waals surface area contributed by atoms with E-state index in [9.17, 15) is 4.79 Å². The van der Waals surface area contributed by atoms with Gasteiger partial charge in [-0.1, -0.05) is 0 Å². The maximum Gasteiger partial charge on any atom is 0.225 e. The number of nitrogens with one attached hydrogen (secondary N) is 1. The Kier molecular flexibility index (Phi) is 4.66. The zero-order valence-electron chi connectivity index (χ0n) is 16.1. The number of carbonyl (C=O) groups excluding carboxylic acids is 1. The first-order valence-electron chi connectivity index (χ1n) is 10.0. The number of anilines is 2. The molecule has 10 heteroatoms. The van der Waals surface area contributed by atoms with Gasteiger partial charge in [-0.15, -0.1) is 0 Å². The van der Waals surface area contributed by atoms with Crippen LogP contribution >= 0.6 is 0 Å². The second kappa shape index (κ2) is 7.61. The van der Waals surface area contributed by atoms with Crippen molar-refractivity contribution >= 4 is 28.7 Å². The van der Waals surface area contributed by atoms with E-state index < -0.39 is 0 Å². The summed E-state index contributed by atoms with van der Waals surface area (Å²) in [5.41, 5.74) is 0.796. The summed E-state index contributed by atoms with van der Waals surface area (Å²) in [4.78, 5) is 33.9. The highest BCUT2D eigenvalue weighted by Gasteiger charge is 2.29. The van der Waals surface area contributed by atoms with Crippen LogP contribution in [0.5, 0.6) is 0 Å². The van der Waals surface area contributed by atoms with Crippen LogP contribution < -0.4 is 15.1 Å². The van der Waals surface area contributed by atoms with Crippen molar-refractivity contribution < 1.29 is 4.79 Å². The highest BCUT2D eigenvalue weighted by Crippen LogP contribution is 2.28. The van der Waals surface area contributed by atoms with Crippen molar-refractivity contribution in [2.45, 2.75) is 19.4 Å². The van der Waals surface area contributed by atoms with E-state index in [0.29, 0.717) is 13.1 Å². The van der Waals surface area contributed by atoms with Crippen LogP contribution in [-0.4, -0.2) is 68.3 Å². The average molecular weight is 393 g/mol. The molecule has 1 amide bonds. The van der Waals surface area contributed by atoms with Crippen LogP contribution in [0.1, 0.15) is 12.8 Å². The topological polar surface area (TPSA) is 105 Å². The van der Waals surface area contributed by atoms with E-state index in [2.05, 4.69) is 40.2 Å². The third-order valence-electron chi connectivity index (χ3n) is 5.40. The lowest BCUT2D eigenvalue weighted by Crippen LogP contribution is -2.47. The van der Waals surface area contributed by atoms with Crippen molar-refractivity contribution in [3.63, 3.8) is 0 Å². The number of hydrogen-bond donors (Lipinski definition) is 1. The van der Waals surface area contributed by atoms with Gasteiger partial charge < -0.3 is 15.1 Å². The van der Waals surface area contributed by atoms with Crippen LogP contribution in [-0.2, 0) is 11.3 Å². The largest absolute Gasteiger partial charge is 0.354 e. The van der Waals surface area contributed by atoms with Gasteiger partial charge in [0.05, 0.1) is 18.1 Å².